The first-order valence-corrected chi connectivity index (χ1v) is 11.1. The number of carbonyl (C=O) groups excluding carboxylic acids is 1. The molecule has 0 saturated carbocycles. The van der Waals surface area contributed by atoms with Crippen molar-refractivity contribution in [1.82, 2.24) is 9.80 Å². The van der Waals surface area contributed by atoms with E-state index in [2.05, 4.69) is 83.5 Å². The third kappa shape index (κ3) is 3.52. The highest BCUT2D eigenvalue weighted by Crippen LogP contribution is 2.42. The van der Waals surface area contributed by atoms with E-state index in [4.69, 9.17) is 0 Å². The van der Waals surface area contributed by atoms with Crippen LogP contribution in [-0.2, 0) is 11.3 Å². The average molecular weight is 399 g/mol. The zero-order valence-electron chi connectivity index (χ0n) is 17.9. The molecule has 2 heterocycles. The maximum atomic E-state index is 12.4. The highest BCUT2D eigenvalue weighted by molar-refractivity contribution is 5.85. The third-order valence-electron chi connectivity index (χ3n) is 7.16. The predicted octanol–water partition coefficient (Wildman–Crippen LogP) is 4.98. The predicted molar refractivity (Wildman–Crippen MR) is 122 cm³/mol. The third-order valence-corrected chi connectivity index (χ3v) is 7.16. The zero-order chi connectivity index (χ0) is 20.7. The van der Waals surface area contributed by atoms with Crippen LogP contribution in [0.15, 0.2) is 66.7 Å². The molecule has 2 aliphatic rings. The normalized spacial score (nSPS) is 24.2. The second-order valence-electron chi connectivity index (χ2n) is 9.09. The molecule has 154 valence electrons. The number of carbonyl (C=O) groups is 1. The smallest absolute Gasteiger partial charge is 0.219 e. The second-order valence-corrected chi connectivity index (χ2v) is 9.09. The lowest BCUT2D eigenvalue weighted by Crippen LogP contribution is -2.47. The number of fused-ring (bicyclic) bond motifs is 2. The van der Waals surface area contributed by atoms with Crippen LogP contribution in [0.1, 0.15) is 36.0 Å². The molecule has 3 atom stereocenters. The number of benzene rings is 3. The van der Waals surface area contributed by atoms with Crippen molar-refractivity contribution in [3.05, 3.63) is 83.4 Å². The minimum absolute atomic E-state index is 0.225. The summed E-state index contributed by atoms with van der Waals surface area (Å²) in [5, 5.41) is 2.67. The molecule has 0 spiro atoms. The average Bonchev–Trinajstić information content (AvgIpc) is 3.13. The molecule has 0 aromatic heterocycles. The number of likely N-dealkylation sites (tertiary alicyclic amines) is 2. The Morgan fingerprint density at radius 1 is 1.00 bits per heavy atom. The van der Waals surface area contributed by atoms with Crippen LogP contribution in [0.25, 0.3) is 10.8 Å². The second kappa shape index (κ2) is 7.88. The van der Waals surface area contributed by atoms with Crippen LogP contribution in [0.5, 0.6) is 0 Å². The van der Waals surface area contributed by atoms with Crippen LogP contribution in [-0.4, -0.2) is 41.4 Å². The fraction of sp³-hybridized carbons (Fsp3) is 0.370. The largest absolute Gasteiger partial charge is 0.339 e. The summed E-state index contributed by atoms with van der Waals surface area (Å²) in [5.41, 5.74) is 4.09. The van der Waals surface area contributed by atoms with Crippen molar-refractivity contribution in [2.45, 2.75) is 38.8 Å². The van der Waals surface area contributed by atoms with E-state index >= 15 is 0 Å². The van der Waals surface area contributed by atoms with Gasteiger partial charge in [-0.25, -0.2) is 0 Å². The summed E-state index contributed by atoms with van der Waals surface area (Å²) in [4.78, 5) is 17.1. The lowest BCUT2D eigenvalue weighted by molar-refractivity contribution is -0.130. The first kappa shape index (κ1) is 19.3. The first-order chi connectivity index (χ1) is 14.6. The SMILES string of the molecule is CC(=O)N1C[C@@H](c2cccc(C)c2)[C@@H]2CN(Cc3cccc4ccccc34)CC[C@@H]21. The van der Waals surface area contributed by atoms with Crippen molar-refractivity contribution >= 4 is 16.7 Å². The van der Waals surface area contributed by atoms with E-state index in [1.807, 2.05) is 0 Å². The van der Waals surface area contributed by atoms with Crippen LogP contribution >= 0.6 is 0 Å². The summed E-state index contributed by atoms with van der Waals surface area (Å²) in [5.74, 6) is 1.15. The van der Waals surface area contributed by atoms with E-state index in [0.29, 0.717) is 17.9 Å². The van der Waals surface area contributed by atoms with Gasteiger partial charge in [0.05, 0.1) is 0 Å². The highest BCUT2D eigenvalue weighted by atomic mass is 16.2. The van der Waals surface area contributed by atoms with Crippen molar-refractivity contribution in [1.29, 1.82) is 0 Å². The van der Waals surface area contributed by atoms with Crippen molar-refractivity contribution in [2.24, 2.45) is 5.92 Å². The molecule has 3 aromatic carbocycles. The number of hydrogen-bond donors (Lipinski definition) is 0. The van der Waals surface area contributed by atoms with Crippen molar-refractivity contribution in [3.8, 4) is 0 Å². The van der Waals surface area contributed by atoms with Gasteiger partial charge >= 0.3 is 0 Å². The summed E-state index contributed by atoms with van der Waals surface area (Å²) in [6, 6.07) is 24.6. The summed E-state index contributed by atoms with van der Waals surface area (Å²) >= 11 is 0. The number of piperidine rings is 1. The molecule has 3 nitrogen and oxygen atoms in total. The molecule has 0 unspecified atom stereocenters. The van der Waals surface area contributed by atoms with Crippen LogP contribution < -0.4 is 0 Å². The Kier molecular flexibility index (Phi) is 5.08. The van der Waals surface area contributed by atoms with Crippen LogP contribution in [0, 0.1) is 12.8 Å². The Balaban J connectivity index is 1.41. The topological polar surface area (TPSA) is 23.6 Å². The number of aryl methyl sites for hydroxylation is 1. The van der Waals surface area contributed by atoms with Gasteiger partial charge in [0, 0.05) is 51.0 Å². The molecule has 3 aromatic rings. The summed E-state index contributed by atoms with van der Waals surface area (Å²) in [6.45, 7) is 7.83. The molecule has 0 aliphatic carbocycles. The summed E-state index contributed by atoms with van der Waals surface area (Å²) < 4.78 is 0. The van der Waals surface area contributed by atoms with Gasteiger partial charge in [0.2, 0.25) is 5.91 Å². The molecule has 1 amide bonds. The van der Waals surface area contributed by atoms with Crippen molar-refractivity contribution in [2.75, 3.05) is 19.6 Å². The van der Waals surface area contributed by atoms with Crippen LogP contribution in [0.3, 0.4) is 0 Å². The number of hydrogen-bond acceptors (Lipinski definition) is 2. The Morgan fingerprint density at radius 2 is 1.80 bits per heavy atom. The molecule has 0 bridgehead atoms. The molecule has 2 fully saturated rings. The molecule has 5 rings (SSSR count). The van der Waals surface area contributed by atoms with Crippen molar-refractivity contribution in [3.63, 3.8) is 0 Å². The Bertz CT molecular complexity index is 1070. The maximum Gasteiger partial charge on any atom is 0.219 e. The first-order valence-electron chi connectivity index (χ1n) is 11.1. The zero-order valence-corrected chi connectivity index (χ0v) is 17.9. The van der Waals surface area contributed by atoms with Gasteiger partial charge in [-0.05, 0) is 35.2 Å². The van der Waals surface area contributed by atoms with E-state index in [1.165, 1.54) is 27.5 Å². The van der Waals surface area contributed by atoms with E-state index in [0.717, 1.165) is 32.6 Å². The van der Waals surface area contributed by atoms with Gasteiger partial charge < -0.3 is 4.90 Å². The molecule has 2 saturated heterocycles. The Labute approximate surface area is 179 Å². The van der Waals surface area contributed by atoms with Gasteiger partial charge in [-0.15, -0.1) is 0 Å². The minimum Gasteiger partial charge on any atom is -0.339 e. The molecule has 30 heavy (non-hydrogen) atoms. The number of rotatable bonds is 3. The van der Waals surface area contributed by atoms with Gasteiger partial charge in [0.1, 0.15) is 0 Å². The fourth-order valence-corrected chi connectivity index (χ4v) is 5.74. The molecule has 0 N–H and O–H groups in total. The monoisotopic (exact) mass is 398 g/mol. The number of amides is 1. The molecule has 3 heteroatoms. The molecular weight excluding hydrogens is 368 g/mol. The van der Waals surface area contributed by atoms with Gasteiger partial charge in [0.25, 0.3) is 0 Å². The van der Waals surface area contributed by atoms with E-state index < -0.39 is 0 Å². The standard InChI is InChI=1S/C27H30N2O/c1-19-7-5-10-22(15-19)25-18-29(20(2)30)27-13-14-28(17-26(25)27)16-23-11-6-9-21-8-3-4-12-24(21)23/h3-12,15,25-27H,13-14,16-18H2,1-2H3/t25-,26-,27-/m0/s1. The minimum atomic E-state index is 0.225. The molecule has 0 radical (unpaired) electrons. The fourth-order valence-electron chi connectivity index (χ4n) is 5.74. The van der Waals surface area contributed by atoms with Gasteiger partial charge in [-0.1, -0.05) is 72.3 Å². The molecular formula is C27H30N2O. The summed E-state index contributed by atoms with van der Waals surface area (Å²) in [7, 11) is 0. The van der Waals surface area contributed by atoms with Crippen molar-refractivity contribution < 1.29 is 4.79 Å². The van der Waals surface area contributed by atoms with Gasteiger partial charge in [-0.3, -0.25) is 9.69 Å². The highest BCUT2D eigenvalue weighted by Gasteiger charge is 2.46. The van der Waals surface area contributed by atoms with E-state index in [1.54, 1.807) is 6.92 Å². The van der Waals surface area contributed by atoms with E-state index in [-0.39, 0.29) is 5.91 Å². The quantitative estimate of drug-likeness (QED) is 0.621. The Hall–Kier alpha value is -2.65. The van der Waals surface area contributed by atoms with Crippen LogP contribution in [0.2, 0.25) is 0 Å². The summed E-state index contributed by atoms with van der Waals surface area (Å²) in [6.07, 6.45) is 1.07. The van der Waals surface area contributed by atoms with Crippen LogP contribution in [0.4, 0.5) is 0 Å². The van der Waals surface area contributed by atoms with Gasteiger partial charge in [-0.2, -0.15) is 0 Å². The lowest BCUT2D eigenvalue weighted by Gasteiger charge is -2.39. The van der Waals surface area contributed by atoms with E-state index in [9.17, 15) is 4.79 Å². The Morgan fingerprint density at radius 3 is 2.63 bits per heavy atom. The van der Waals surface area contributed by atoms with Gasteiger partial charge in [0.15, 0.2) is 0 Å². The lowest BCUT2D eigenvalue weighted by atomic mass is 9.81. The maximum absolute atomic E-state index is 12.4. The molecule has 2 aliphatic heterocycles. The number of nitrogens with zero attached hydrogens (tertiary/aromatic N) is 2.